The summed E-state index contributed by atoms with van der Waals surface area (Å²) in [6.45, 7) is 0. The van der Waals surface area contributed by atoms with Gasteiger partial charge in [-0.3, -0.25) is 4.79 Å². The second kappa shape index (κ2) is 5.76. The lowest BCUT2D eigenvalue weighted by molar-refractivity contribution is -0.137. The number of benzene rings is 2. The zero-order chi connectivity index (χ0) is 13.8. The zero-order valence-corrected chi connectivity index (χ0v) is 11.1. The van der Waals surface area contributed by atoms with E-state index in [-0.39, 0.29) is 0 Å². The highest BCUT2D eigenvalue weighted by Gasteiger charge is 2.25. The Hall–Kier alpha value is -2.00. The molecule has 2 rings (SSSR count). The quantitative estimate of drug-likeness (QED) is 0.929. The minimum absolute atomic E-state index is 0.513. The molecule has 1 N–H and O–H groups in total. The molecular weight excluding hydrogens is 264 g/mol. The van der Waals surface area contributed by atoms with Crippen molar-refractivity contribution in [3.8, 4) is 5.75 Å². The molecule has 3 nitrogen and oxygen atoms in total. The maximum atomic E-state index is 11.6. The summed E-state index contributed by atoms with van der Waals surface area (Å²) in [4.78, 5) is 11.6. The van der Waals surface area contributed by atoms with Gasteiger partial charge < -0.3 is 9.84 Å². The summed E-state index contributed by atoms with van der Waals surface area (Å²) in [6, 6.07) is 13.9. The van der Waals surface area contributed by atoms with Crippen LogP contribution in [0.25, 0.3) is 0 Å². The van der Waals surface area contributed by atoms with Crippen molar-refractivity contribution >= 4 is 17.6 Å². The van der Waals surface area contributed by atoms with Gasteiger partial charge in [0.1, 0.15) is 11.7 Å². The van der Waals surface area contributed by atoms with Crippen LogP contribution in [0.5, 0.6) is 5.75 Å². The van der Waals surface area contributed by atoms with E-state index in [9.17, 15) is 9.90 Å². The molecule has 0 saturated heterocycles. The average Bonchev–Trinajstić information content (AvgIpc) is 2.39. The van der Waals surface area contributed by atoms with E-state index in [1.54, 1.807) is 48.5 Å². The predicted octanol–water partition coefficient (Wildman–Crippen LogP) is 3.57. The number of para-hydroxylation sites is 1. The van der Waals surface area contributed by atoms with Crippen LogP contribution in [0.15, 0.2) is 48.5 Å². The molecular formula is C15H13ClO3. The summed E-state index contributed by atoms with van der Waals surface area (Å²) < 4.78 is 5.23. The molecule has 1 unspecified atom stereocenters. The largest absolute Gasteiger partial charge is 0.496 e. The van der Waals surface area contributed by atoms with Crippen LogP contribution < -0.4 is 4.74 Å². The number of ether oxygens (including phenoxy) is 1. The Morgan fingerprint density at radius 3 is 2.58 bits per heavy atom. The van der Waals surface area contributed by atoms with Gasteiger partial charge in [0.05, 0.1) is 7.11 Å². The fourth-order valence-electron chi connectivity index (χ4n) is 2.05. The molecule has 19 heavy (non-hydrogen) atoms. The lowest BCUT2D eigenvalue weighted by Gasteiger charge is -2.16. The van der Waals surface area contributed by atoms with Crippen LogP contribution in [0.3, 0.4) is 0 Å². The minimum Gasteiger partial charge on any atom is -0.496 e. The Bertz CT molecular complexity index is 595. The molecule has 0 aromatic heterocycles. The van der Waals surface area contributed by atoms with Gasteiger partial charge in [-0.25, -0.2) is 0 Å². The van der Waals surface area contributed by atoms with Gasteiger partial charge in [0.25, 0.3) is 0 Å². The summed E-state index contributed by atoms with van der Waals surface area (Å²) in [5.74, 6) is -1.18. The first-order valence-electron chi connectivity index (χ1n) is 5.74. The monoisotopic (exact) mass is 276 g/mol. The highest BCUT2D eigenvalue weighted by molar-refractivity contribution is 6.30. The molecule has 2 aromatic carbocycles. The van der Waals surface area contributed by atoms with Crippen molar-refractivity contribution in [1.82, 2.24) is 0 Å². The second-order valence-corrected chi connectivity index (χ2v) is 4.50. The van der Waals surface area contributed by atoms with Gasteiger partial charge in [-0.2, -0.15) is 0 Å². The van der Waals surface area contributed by atoms with E-state index in [4.69, 9.17) is 16.3 Å². The normalized spacial score (nSPS) is 11.9. The van der Waals surface area contributed by atoms with Crippen LogP contribution in [0.1, 0.15) is 17.0 Å². The van der Waals surface area contributed by atoms with Crippen molar-refractivity contribution in [3.05, 3.63) is 64.7 Å². The Labute approximate surface area is 116 Å². The molecule has 1 atom stereocenters. The molecule has 0 aliphatic heterocycles. The first kappa shape index (κ1) is 13.4. The molecule has 4 heteroatoms. The highest BCUT2D eigenvalue weighted by atomic mass is 35.5. The van der Waals surface area contributed by atoms with Crippen molar-refractivity contribution < 1.29 is 14.6 Å². The third-order valence-electron chi connectivity index (χ3n) is 2.88. The number of hydrogen-bond donors (Lipinski definition) is 1. The van der Waals surface area contributed by atoms with Gasteiger partial charge in [0.2, 0.25) is 0 Å². The molecule has 0 fully saturated rings. The number of halogens is 1. The van der Waals surface area contributed by atoms with Crippen molar-refractivity contribution in [2.45, 2.75) is 5.92 Å². The van der Waals surface area contributed by atoms with E-state index in [0.717, 1.165) is 0 Å². The van der Waals surface area contributed by atoms with Gasteiger partial charge in [0.15, 0.2) is 0 Å². The second-order valence-electron chi connectivity index (χ2n) is 4.07. The molecule has 0 spiro atoms. The van der Waals surface area contributed by atoms with Crippen molar-refractivity contribution in [2.24, 2.45) is 0 Å². The number of rotatable bonds is 4. The molecule has 98 valence electrons. The van der Waals surface area contributed by atoms with E-state index in [1.165, 1.54) is 7.11 Å². The van der Waals surface area contributed by atoms with Gasteiger partial charge in [-0.15, -0.1) is 0 Å². The van der Waals surface area contributed by atoms with Crippen LogP contribution in [0.2, 0.25) is 5.02 Å². The molecule has 0 aliphatic rings. The van der Waals surface area contributed by atoms with E-state index in [0.29, 0.717) is 21.9 Å². The smallest absolute Gasteiger partial charge is 0.315 e. The van der Waals surface area contributed by atoms with Crippen LogP contribution in [0.4, 0.5) is 0 Å². The molecule has 0 aliphatic carbocycles. The summed E-state index contributed by atoms with van der Waals surface area (Å²) in [5, 5.41) is 10.0. The Morgan fingerprint density at radius 2 is 1.95 bits per heavy atom. The summed E-state index contributed by atoms with van der Waals surface area (Å²) in [6.07, 6.45) is 0. The van der Waals surface area contributed by atoms with Crippen molar-refractivity contribution in [2.75, 3.05) is 7.11 Å². The zero-order valence-electron chi connectivity index (χ0n) is 10.3. The van der Waals surface area contributed by atoms with Gasteiger partial charge in [-0.1, -0.05) is 41.9 Å². The maximum absolute atomic E-state index is 11.6. The van der Waals surface area contributed by atoms with Crippen LogP contribution >= 0.6 is 11.6 Å². The Balaban J connectivity index is 2.55. The average molecular weight is 277 g/mol. The van der Waals surface area contributed by atoms with Gasteiger partial charge >= 0.3 is 5.97 Å². The number of hydrogen-bond acceptors (Lipinski definition) is 2. The molecule has 2 aromatic rings. The fraction of sp³-hybridized carbons (Fsp3) is 0.133. The lowest BCUT2D eigenvalue weighted by atomic mass is 9.91. The van der Waals surface area contributed by atoms with Crippen LogP contribution in [0, 0.1) is 0 Å². The number of carboxylic acid groups (broad SMARTS) is 1. The number of methoxy groups -OCH3 is 1. The standard InChI is InChI=1S/C15H13ClO3/c1-19-13-8-3-2-7-12(13)14(15(17)18)10-5-4-6-11(16)9-10/h2-9,14H,1H3,(H,17,18). The first-order chi connectivity index (χ1) is 9.13. The minimum atomic E-state index is -0.938. The third kappa shape index (κ3) is 2.88. The summed E-state index contributed by atoms with van der Waals surface area (Å²) in [7, 11) is 1.52. The number of carbonyl (C=O) groups is 1. The SMILES string of the molecule is COc1ccccc1C(C(=O)O)c1cccc(Cl)c1. The number of carboxylic acids is 1. The third-order valence-corrected chi connectivity index (χ3v) is 3.11. The lowest BCUT2D eigenvalue weighted by Crippen LogP contribution is -2.14. The maximum Gasteiger partial charge on any atom is 0.315 e. The van der Waals surface area contributed by atoms with Crippen molar-refractivity contribution in [3.63, 3.8) is 0 Å². The van der Waals surface area contributed by atoms with Crippen LogP contribution in [-0.2, 0) is 4.79 Å². The van der Waals surface area contributed by atoms with E-state index < -0.39 is 11.9 Å². The molecule has 0 saturated carbocycles. The summed E-state index contributed by atoms with van der Waals surface area (Å²) >= 11 is 5.93. The Morgan fingerprint density at radius 1 is 1.21 bits per heavy atom. The van der Waals surface area contributed by atoms with Crippen LogP contribution in [-0.4, -0.2) is 18.2 Å². The van der Waals surface area contributed by atoms with Gasteiger partial charge in [0, 0.05) is 10.6 Å². The predicted molar refractivity (Wildman–Crippen MR) is 73.9 cm³/mol. The topological polar surface area (TPSA) is 46.5 Å². The number of aliphatic carboxylic acids is 1. The first-order valence-corrected chi connectivity index (χ1v) is 6.12. The molecule has 0 heterocycles. The van der Waals surface area contributed by atoms with E-state index >= 15 is 0 Å². The Kier molecular flexibility index (Phi) is 4.07. The summed E-state index contributed by atoms with van der Waals surface area (Å²) in [5.41, 5.74) is 1.24. The fourth-order valence-corrected chi connectivity index (χ4v) is 2.24. The molecule has 0 bridgehead atoms. The van der Waals surface area contributed by atoms with E-state index in [2.05, 4.69) is 0 Å². The van der Waals surface area contributed by atoms with Gasteiger partial charge in [-0.05, 0) is 23.8 Å². The van der Waals surface area contributed by atoms with Crippen molar-refractivity contribution in [1.29, 1.82) is 0 Å². The highest BCUT2D eigenvalue weighted by Crippen LogP contribution is 2.32. The molecule has 0 radical (unpaired) electrons. The molecule has 0 amide bonds. The van der Waals surface area contributed by atoms with E-state index in [1.807, 2.05) is 0 Å².